The molecule has 0 saturated heterocycles. The van der Waals surface area contributed by atoms with Crippen LogP contribution < -0.4 is 5.32 Å². The summed E-state index contributed by atoms with van der Waals surface area (Å²) >= 11 is 0. The summed E-state index contributed by atoms with van der Waals surface area (Å²) in [7, 11) is -4.45. The summed E-state index contributed by atoms with van der Waals surface area (Å²) in [6.07, 6.45) is 1.05. The van der Waals surface area contributed by atoms with Crippen molar-refractivity contribution >= 4 is 28.7 Å². The van der Waals surface area contributed by atoms with E-state index in [1.165, 1.54) is 0 Å². The maximum Gasteiger partial charge on any atom is 0.408 e. The lowest BCUT2D eigenvalue weighted by Crippen LogP contribution is -2.59. The van der Waals surface area contributed by atoms with Gasteiger partial charge in [-0.1, -0.05) is 55.4 Å². The van der Waals surface area contributed by atoms with E-state index in [2.05, 4.69) is 86.9 Å². The number of carbonyl (C=O) groups is 2. The summed E-state index contributed by atoms with van der Waals surface area (Å²) in [5.74, 6) is -0.238. The summed E-state index contributed by atoms with van der Waals surface area (Å²) in [4.78, 5) is 24.7. The van der Waals surface area contributed by atoms with Crippen LogP contribution in [0.4, 0.5) is 4.79 Å². The van der Waals surface area contributed by atoms with Crippen molar-refractivity contribution < 1.29 is 28.3 Å². The Kier molecular flexibility index (Phi) is 14.0. The van der Waals surface area contributed by atoms with Crippen molar-refractivity contribution in [3.63, 3.8) is 0 Å². The Balaban J connectivity index is 6.69. The van der Waals surface area contributed by atoms with E-state index in [1.54, 1.807) is 0 Å². The lowest BCUT2D eigenvalue weighted by molar-refractivity contribution is -0.137. The maximum atomic E-state index is 13.2. The van der Waals surface area contributed by atoms with Crippen LogP contribution in [0.5, 0.6) is 0 Å². The van der Waals surface area contributed by atoms with Crippen LogP contribution in [0.15, 0.2) is 0 Å². The second-order valence-electron chi connectivity index (χ2n) is 15.8. The zero-order valence-corrected chi connectivity index (χ0v) is 30.2. The van der Waals surface area contributed by atoms with Crippen LogP contribution in [-0.4, -0.2) is 57.7 Å². The topological polar surface area (TPSA) is 94.1 Å². The molecule has 0 aromatic rings. The Labute approximate surface area is 242 Å². The van der Waals surface area contributed by atoms with Gasteiger partial charge in [0.2, 0.25) is 0 Å². The van der Waals surface area contributed by atoms with Gasteiger partial charge >= 0.3 is 12.1 Å². The third kappa shape index (κ3) is 14.0. The molecule has 0 spiro atoms. The number of carboxylic acids is 1. The number of alkyl carbamates (subject to hydrolysis) is 1. The van der Waals surface area contributed by atoms with Crippen molar-refractivity contribution in [3.8, 4) is 0 Å². The zero-order valence-electron chi connectivity index (χ0n) is 28.2. The maximum absolute atomic E-state index is 13.2. The third-order valence-corrected chi connectivity index (χ3v) is 17.3. The molecule has 0 bridgehead atoms. The third-order valence-electron chi connectivity index (χ3n) is 8.27. The highest BCUT2D eigenvalue weighted by atomic mass is 28.4. The monoisotopic (exact) mass is 589 g/mol. The van der Waals surface area contributed by atoms with Crippen molar-refractivity contribution in [3.05, 3.63) is 0 Å². The van der Waals surface area contributed by atoms with Crippen molar-refractivity contribution in [1.82, 2.24) is 5.32 Å². The van der Waals surface area contributed by atoms with Gasteiger partial charge in [-0.25, -0.2) is 4.79 Å². The molecule has 0 aliphatic heterocycles. The van der Waals surface area contributed by atoms with E-state index in [1.807, 2.05) is 27.7 Å². The Morgan fingerprint density at radius 2 is 1.26 bits per heavy atom. The first-order chi connectivity index (χ1) is 17.2. The van der Waals surface area contributed by atoms with Crippen LogP contribution in [0.25, 0.3) is 0 Å². The molecule has 4 atom stereocenters. The van der Waals surface area contributed by atoms with Gasteiger partial charge in [0.05, 0.1) is 18.2 Å². The molecule has 0 radical (unpaired) electrons. The number of carboxylic acid groups (broad SMARTS) is 1. The lowest BCUT2D eigenvalue weighted by Gasteiger charge is -2.46. The van der Waals surface area contributed by atoms with Gasteiger partial charge in [0.1, 0.15) is 5.60 Å². The van der Waals surface area contributed by atoms with Gasteiger partial charge in [0, 0.05) is 6.42 Å². The van der Waals surface area contributed by atoms with E-state index in [-0.39, 0.29) is 34.6 Å². The van der Waals surface area contributed by atoms with Crippen LogP contribution >= 0.6 is 0 Å². The average Bonchev–Trinajstić information content (AvgIpc) is 2.65. The number of hydrogen-bond acceptors (Lipinski definition) is 5. The van der Waals surface area contributed by atoms with Crippen molar-refractivity contribution in [2.75, 3.05) is 0 Å². The lowest BCUT2D eigenvalue weighted by atomic mass is 9.86. The fraction of sp³-hybridized carbons (Fsp3) is 0.933. The second kappa shape index (κ2) is 14.3. The van der Waals surface area contributed by atoms with Crippen molar-refractivity contribution in [1.29, 1.82) is 0 Å². The summed E-state index contributed by atoms with van der Waals surface area (Å²) in [5.41, 5.74) is -0.643. The molecule has 0 rings (SSSR count). The van der Waals surface area contributed by atoms with E-state index in [0.29, 0.717) is 18.8 Å². The van der Waals surface area contributed by atoms with Gasteiger partial charge in [0.15, 0.2) is 16.6 Å². The van der Waals surface area contributed by atoms with Crippen LogP contribution in [-0.2, 0) is 18.4 Å². The highest BCUT2D eigenvalue weighted by molar-refractivity contribution is 6.74. The molecule has 0 aromatic heterocycles. The Morgan fingerprint density at radius 3 is 1.64 bits per heavy atom. The van der Waals surface area contributed by atoms with Gasteiger partial charge in [-0.15, -0.1) is 0 Å². The largest absolute Gasteiger partial charge is 0.481 e. The number of amides is 1. The number of hydrogen-bond donors (Lipinski definition) is 2. The van der Waals surface area contributed by atoms with E-state index in [9.17, 15) is 14.7 Å². The predicted molar refractivity (Wildman–Crippen MR) is 167 cm³/mol. The molecule has 9 heteroatoms. The summed E-state index contributed by atoms with van der Waals surface area (Å²) < 4.78 is 19.6. The minimum atomic E-state index is -2.27. The molecule has 0 aliphatic carbocycles. The highest BCUT2D eigenvalue weighted by Gasteiger charge is 2.45. The minimum Gasteiger partial charge on any atom is -0.481 e. The first kappa shape index (κ1) is 38.1. The predicted octanol–water partition coefficient (Wildman–Crippen LogP) is 8.60. The quantitative estimate of drug-likeness (QED) is 0.197. The summed E-state index contributed by atoms with van der Waals surface area (Å²) in [5, 5.41) is 12.6. The SMILES string of the molecule is CC(C)C[C@@H](CCC(=O)O)C[C@H](O[Si](C)(C)C(C)(C)C)[C@@H](NC(=O)OC(C)(C)C)[C@@H](C)O[Si](C)(C)C(C)(C)C. The minimum absolute atomic E-state index is 0.00478. The molecule has 0 aliphatic rings. The van der Waals surface area contributed by atoms with Crippen LogP contribution in [0.3, 0.4) is 0 Å². The molecular weight excluding hydrogens is 527 g/mol. The number of ether oxygens (including phenoxy) is 1. The molecular formula is C30H63NO6Si2. The van der Waals surface area contributed by atoms with Gasteiger partial charge in [-0.2, -0.15) is 0 Å². The number of aliphatic carboxylic acids is 1. The molecule has 2 N–H and O–H groups in total. The van der Waals surface area contributed by atoms with E-state index in [4.69, 9.17) is 13.6 Å². The molecule has 232 valence electrons. The number of rotatable bonds is 14. The van der Waals surface area contributed by atoms with Gasteiger partial charge in [0.25, 0.3) is 0 Å². The number of carbonyl (C=O) groups excluding carboxylic acids is 1. The van der Waals surface area contributed by atoms with Crippen molar-refractivity contribution in [2.45, 2.75) is 169 Å². The Bertz CT molecular complexity index is 778. The fourth-order valence-corrected chi connectivity index (χ4v) is 6.93. The van der Waals surface area contributed by atoms with Crippen LogP contribution in [0.2, 0.25) is 36.3 Å². The molecule has 0 unspecified atom stereocenters. The highest BCUT2D eigenvalue weighted by Crippen LogP contribution is 2.41. The Morgan fingerprint density at radius 1 is 0.795 bits per heavy atom. The molecule has 7 nitrogen and oxygen atoms in total. The summed E-state index contributed by atoms with van der Waals surface area (Å²) in [6.45, 7) is 34.0. The molecule has 0 saturated carbocycles. The first-order valence-corrected chi connectivity index (χ1v) is 20.6. The molecule has 1 amide bonds. The number of nitrogens with one attached hydrogen (secondary N) is 1. The van der Waals surface area contributed by atoms with E-state index in [0.717, 1.165) is 6.42 Å². The van der Waals surface area contributed by atoms with E-state index < -0.39 is 40.3 Å². The summed E-state index contributed by atoms with van der Waals surface area (Å²) in [6, 6.07) is -0.456. The molecule has 39 heavy (non-hydrogen) atoms. The molecule has 0 fully saturated rings. The van der Waals surface area contributed by atoms with Crippen LogP contribution in [0, 0.1) is 11.8 Å². The molecule has 0 aromatic carbocycles. The van der Waals surface area contributed by atoms with Crippen molar-refractivity contribution in [2.24, 2.45) is 11.8 Å². The first-order valence-electron chi connectivity index (χ1n) is 14.8. The van der Waals surface area contributed by atoms with Gasteiger partial charge in [-0.3, -0.25) is 4.79 Å². The zero-order chi connectivity index (χ0) is 31.2. The van der Waals surface area contributed by atoms with Gasteiger partial charge < -0.3 is 24.0 Å². The fourth-order valence-electron chi connectivity index (χ4n) is 4.15. The normalized spacial score (nSPS) is 16.9. The average molecular weight is 590 g/mol. The Hall–Kier alpha value is -0.906. The second-order valence-corrected chi connectivity index (χ2v) is 25.3. The van der Waals surface area contributed by atoms with Crippen LogP contribution in [0.1, 0.15) is 109 Å². The standard InChI is InChI=1S/C30H63NO6Si2/c1-21(2)19-23(17-18-25(32)33)20-24(37-39(15,16)30(10,11)12)26(31-27(34)35-28(4,5)6)22(3)36-38(13,14)29(7,8)9/h21-24,26H,17-20H2,1-16H3,(H,31,34)(H,32,33)/t22-,23-,24+,26+/m1/s1. The van der Waals surface area contributed by atoms with Gasteiger partial charge in [-0.05, 0) is 95.1 Å². The van der Waals surface area contributed by atoms with E-state index >= 15 is 0 Å². The molecule has 0 heterocycles. The smallest absolute Gasteiger partial charge is 0.408 e.